The molecule has 4 heteroatoms. The van der Waals surface area contributed by atoms with Crippen LogP contribution in [0.5, 0.6) is 0 Å². The minimum absolute atomic E-state index is 0.0945. The normalized spacial score (nSPS) is 18.8. The van der Waals surface area contributed by atoms with Gasteiger partial charge in [0, 0.05) is 12.1 Å². The highest BCUT2D eigenvalue weighted by Gasteiger charge is 2.35. The van der Waals surface area contributed by atoms with Crippen molar-refractivity contribution in [3.63, 3.8) is 0 Å². The van der Waals surface area contributed by atoms with Crippen LogP contribution >= 0.6 is 0 Å². The van der Waals surface area contributed by atoms with Crippen LogP contribution in [-0.4, -0.2) is 36.5 Å². The molecule has 96 valence electrons. The van der Waals surface area contributed by atoms with Gasteiger partial charge in [0.1, 0.15) is 6.04 Å². The fourth-order valence-corrected chi connectivity index (χ4v) is 2.25. The number of carbonyl (C=O) groups excluding carboxylic acids is 2. The Morgan fingerprint density at radius 1 is 1.28 bits per heavy atom. The average molecular weight is 247 g/mol. The maximum absolute atomic E-state index is 12.3. The number of ether oxygens (including phenoxy) is 1. The van der Waals surface area contributed by atoms with Crippen molar-refractivity contribution in [2.24, 2.45) is 0 Å². The lowest BCUT2D eigenvalue weighted by atomic mass is 10.1. The van der Waals surface area contributed by atoms with E-state index in [2.05, 4.69) is 0 Å². The molecule has 1 atom stereocenters. The molecule has 1 aromatic rings. The van der Waals surface area contributed by atoms with Gasteiger partial charge in [-0.1, -0.05) is 17.7 Å². The van der Waals surface area contributed by atoms with E-state index >= 15 is 0 Å². The van der Waals surface area contributed by atoms with Crippen LogP contribution < -0.4 is 0 Å². The Labute approximate surface area is 107 Å². The van der Waals surface area contributed by atoms with Crippen LogP contribution in [0.3, 0.4) is 0 Å². The quantitative estimate of drug-likeness (QED) is 0.748. The second-order valence-corrected chi connectivity index (χ2v) is 4.55. The number of likely N-dealkylation sites (tertiary alicyclic amines) is 1. The molecule has 1 aliphatic heterocycles. The number of rotatable bonds is 2. The smallest absolute Gasteiger partial charge is 0.328 e. The summed E-state index contributed by atoms with van der Waals surface area (Å²) >= 11 is 0. The number of esters is 1. The number of amides is 1. The number of methoxy groups -OCH3 is 1. The summed E-state index contributed by atoms with van der Waals surface area (Å²) in [5.41, 5.74) is 1.73. The molecule has 0 radical (unpaired) electrons. The molecule has 0 bridgehead atoms. The molecule has 1 fully saturated rings. The number of nitrogens with zero attached hydrogens (tertiary/aromatic N) is 1. The third kappa shape index (κ3) is 2.37. The number of benzene rings is 1. The summed E-state index contributed by atoms with van der Waals surface area (Å²) in [6.07, 6.45) is 1.53. The van der Waals surface area contributed by atoms with Crippen molar-refractivity contribution in [1.29, 1.82) is 0 Å². The summed E-state index contributed by atoms with van der Waals surface area (Å²) in [7, 11) is 1.36. The second-order valence-electron chi connectivity index (χ2n) is 4.55. The summed E-state index contributed by atoms with van der Waals surface area (Å²) in [4.78, 5) is 25.5. The fraction of sp³-hybridized carbons (Fsp3) is 0.429. The van der Waals surface area contributed by atoms with E-state index in [0.29, 0.717) is 18.5 Å². The molecule has 4 nitrogen and oxygen atoms in total. The molecule has 0 spiro atoms. The molecular weight excluding hydrogens is 230 g/mol. The first-order valence-electron chi connectivity index (χ1n) is 6.09. The van der Waals surface area contributed by atoms with Gasteiger partial charge < -0.3 is 9.64 Å². The Morgan fingerprint density at radius 2 is 1.94 bits per heavy atom. The minimum atomic E-state index is -0.427. The predicted molar refractivity (Wildman–Crippen MR) is 67.3 cm³/mol. The lowest BCUT2D eigenvalue weighted by molar-refractivity contribution is -0.145. The molecular formula is C14H17NO3. The fourth-order valence-electron chi connectivity index (χ4n) is 2.25. The number of carbonyl (C=O) groups is 2. The predicted octanol–water partition coefficient (Wildman–Crippen LogP) is 1.77. The summed E-state index contributed by atoms with van der Waals surface area (Å²) in [5, 5.41) is 0. The minimum Gasteiger partial charge on any atom is -0.467 e. The van der Waals surface area contributed by atoms with E-state index in [1.165, 1.54) is 7.11 Å². The van der Waals surface area contributed by atoms with E-state index in [-0.39, 0.29) is 11.9 Å². The van der Waals surface area contributed by atoms with Crippen LogP contribution in [-0.2, 0) is 9.53 Å². The Morgan fingerprint density at radius 3 is 2.56 bits per heavy atom. The molecule has 18 heavy (non-hydrogen) atoms. The van der Waals surface area contributed by atoms with Gasteiger partial charge in [0.2, 0.25) is 0 Å². The number of aryl methyl sites for hydroxylation is 1. The molecule has 1 aromatic carbocycles. The van der Waals surface area contributed by atoms with E-state index in [4.69, 9.17) is 4.74 Å². The van der Waals surface area contributed by atoms with Gasteiger partial charge in [-0.3, -0.25) is 4.79 Å². The third-order valence-corrected chi connectivity index (χ3v) is 3.29. The third-order valence-electron chi connectivity index (χ3n) is 3.29. The zero-order chi connectivity index (χ0) is 13.1. The first kappa shape index (κ1) is 12.6. The standard InChI is InChI=1S/C14H17NO3/c1-10-5-7-11(8-6-10)13(16)15-9-3-4-12(15)14(17)18-2/h5-8,12H,3-4,9H2,1-2H3. The second kappa shape index (κ2) is 5.21. The highest BCUT2D eigenvalue weighted by Crippen LogP contribution is 2.21. The van der Waals surface area contributed by atoms with Crippen LogP contribution in [0.1, 0.15) is 28.8 Å². The van der Waals surface area contributed by atoms with Crippen LogP contribution in [0.25, 0.3) is 0 Å². The first-order valence-corrected chi connectivity index (χ1v) is 6.09. The zero-order valence-corrected chi connectivity index (χ0v) is 10.7. The van der Waals surface area contributed by atoms with Gasteiger partial charge >= 0.3 is 5.97 Å². The highest BCUT2D eigenvalue weighted by atomic mass is 16.5. The molecule has 1 unspecified atom stereocenters. The van der Waals surface area contributed by atoms with Gasteiger partial charge in [0.05, 0.1) is 7.11 Å². The van der Waals surface area contributed by atoms with E-state index in [0.717, 1.165) is 12.0 Å². The Hall–Kier alpha value is -1.84. The molecule has 2 rings (SSSR count). The molecule has 1 saturated heterocycles. The van der Waals surface area contributed by atoms with Crippen LogP contribution in [0.2, 0.25) is 0 Å². The summed E-state index contributed by atoms with van der Waals surface area (Å²) in [5.74, 6) is -0.420. The highest BCUT2D eigenvalue weighted by molar-refractivity contribution is 5.97. The van der Waals surface area contributed by atoms with Gasteiger partial charge in [0.15, 0.2) is 0 Å². The lowest BCUT2D eigenvalue weighted by Gasteiger charge is -2.22. The maximum atomic E-state index is 12.3. The van der Waals surface area contributed by atoms with Crippen molar-refractivity contribution in [3.05, 3.63) is 35.4 Å². The summed E-state index contributed by atoms with van der Waals surface area (Å²) in [6.45, 7) is 2.59. The molecule has 0 aliphatic carbocycles. The van der Waals surface area contributed by atoms with E-state index in [9.17, 15) is 9.59 Å². The topological polar surface area (TPSA) is 46.6 Å². The van der Waals surface area contributed by atoms with Gasteiger partial charge in [-0.2, -0.15) is 0 Å². The first-order chi connectivity index (χ1) is 8.63. The van der Waals surface area contributed by atoms with Crippen molar-refractivity contribution in [2.45, 2.75) is 25.8 Å². The van der Waals surface area contributed by atoms with Gasteiger partial charge in [-0.25, -0.2) is 4.79 Å². The van der Waals surface area contributed by atoms with Crippen molar-refractivity contribution < 1.29 is 14.3 Å². The van der Waals surface area contributed by atoms with Crippen molar-refractivity contribution in [1.82, 2.24) is 4.90 Å². The zero-order valence-electron chi connectivity index (χ0n) is 10.7. The Kier molecular flexibility index (Phi) is 3.65. The van der Waals surface area contributed by atoms with Gasteiger partial charge in [0.25, 0.3) is 5.91 Å². The molecule has 0 aromatic heterocycles. The van der Waals surface area contributed by atoms with Crippen molar-refractivity contribution in [2.75, 3.05) is 13.7 Å². The molecule has 1 aliphatic rings. The Bertz CT molecular complexity index is 453. The monoisotopic (exact) mass is 247 g/mol. The van der Waals surface area contributed by atoms with Crippen LogP contribution in [0.15, 0.2) is 24.3 Å². The van der Waals surface area contributed by atoms with Crippen LogP contribution in [0.4, 0.5) is 0 Å². The summed E-state index contributed by atoms with van der Waals surface area (Å²) in [6, 6.07) is 6.96. The largest absolute Gasteiger partial charge is 0.467 e. The SMILES string of the molecule is COC(=O)C1CCCN1C(=O)c1ccc(C)cc1. The van der Waals surface area contributed by atoms with Gasteiger partial charge in [-0.15, -0.1) is 0 Å². The van der Waals surface area contributed by atoms with Crippen molar-refractivity contribution >= 4 is 11.9 Å². The summed E-state index contributed by atoms with van der Waals surface area (Å²) < 4.78 is 4.74. The van der Waals surface area contributed by atoms with Gasteiger partial charge in [-0.05, 0) is 31.9 Å². The van der Waals surface area contributed by atoms with E-state index < -0.39 is 6.04 Å². The molecule has 0 saturated carbocycles. The number of hydrogen-bond acceptors (Lipinski definition) is 3. The maximum Gasteiger partial charge on any atom is 0.328 e. The molecule has 1 heterocycles. The van der Waals surface area contributed by atoms with E-state index in [1.807, 2.05) is 19.1 Å². The Balaban J connectivity index is 2.17. The average Bonchev–Trinajstić information content (AvgIpc) is 2.87. The van der Waals surface area contributed by atoms with Crippen LogP contribution in [0, 0.1) is 6.92 Å². The van der Waals surface area contributed by atoms with E-state index in [1.54, 1.807) is 17.0 Å². The number of hydrogen-bond donors (Lipinski definition) is 0. The van der Waals surface area contributed by atoms with Crippen molar-refractivity contribution in [3.8, 4) is 0 Å². The molecule has 1 amide bonds. The lowest BCUT2D eigenvalue weighted by Crippen LogP contribution is -2.41. The molecule has 0 N–H and O–H groups in total.